The van der Waals surface area contributed by atoms with Gasteiger partial charge < -0.3 is 4.90 Å². The fourth-order valence-electron chi connectivity index (χ4n) is 1.91. The molecule has 0 saturated carbocycles. The Hall–Kier alpha value is -0.0400. The summed E-state index contributed by atoms with van der Waals surface area (Å²) < 4.78 is 0. The van der Waals surface area contributed by atoms with Crippen molar-refractivity contribution in [2.24, 2.45) is 11.8 Å². The molecule has 11 heavy (non-hydrogen) atoms. The van der Waals surface area contributed by atoms with Crippen LogP contribution in [0.5, 0.6) is 0 Å². The van der Waals surface area contributed by atoms with Crippen LogP contribution < -0.4 is 0 Å². The maximum atomic E-state index is 2.48. The van der Waals surface area contributed by atoms with Crippen molar-refractivity contribution >= 4 is 0 Å². The van der Waals surface area contributed by atoms with E-state index in [1.165, 1.54) is 13.0 Å². The largest absolute Gasteiger partial charge is 0.301 e. The molecule has 1 aliphatic heterocycles. The average Bonchev–Trinajstić information content (AvgIpc) is 2.08. The number of nitrogens with zero attached hydrogens (tertiary/aromatic N) is 1. The zero-order chi connectivity index (χ0) is 8.65. The molecule has 1 fully saturated rings. The molecule has 1 heterocycles. The van der Waals surface area contributed by atoms with Crippen molar-refractivity contribution < 1.29 is 0 Å². The smallest absolute Gasteiger partial charge is 0.0153 e. The first kappa shape index (κ1) is 9.05. The number of rotatable bonds is 1. The molecule has 1 unspecified atom stereocenters. The summed E-state index contributed by atoms with van der Waals surface area (Å²) in [6.45, 7) is 10.6. The highest BCUT2D eigenvalue weighted by Crippen LogP contribution is 2.34. The van der Waals surface area contributed by atoms with Crippen molar-refractivity contribution in [2.75, 3.05) is 13.6 Å². The summed E-state index contributed by atoms with van der Waals surface area (Å²) in [6.07, 6.45) is 1.36. The lowest BCUT2D eigenvalue weighted by Gasteiger charge is -2.26. The molecule has 0 spiro atoms. The Kier molecular flexibility index (Phi) is 2.29. The molecule has 0 aromatic carbocycles. The lowest BCUT2D eigenvalue weighted by molar-refractivity contribution is 0.218. The molecule has 0 amide bonds. The highest BCUT2D eigenvalue weighted by Gasteiger charge is 2.36. The molecule has 0 aromatic heterocycles. The topological polar surface area (TPSA) is 3.24 Å². The van der Waals surface area contributed by atoms with Crippen LogP contribution >= 0.6 is 0 Å². The van der Waals surface area contributed by atoms with Gasteiger partial charge in [0.15, 0.2) is 0 Å². The van der Waals surface area contributed by atoms with Crippen molar-refractivity contribution in [3.8, 4) is 0 Å². The van der Waals surface area contributed by atoms with Gasteiger partial charge in [-0.1, -0.05) is 13.8 Å². The maximum absolute atomic E-state index is 2.48. The van der Waals surface area contributed by atoms with E-state index in [1.807, 2.05) is 0 Å². The SMILES string of the molecule is CC(C)C1CN(C)C(C)(C)C1. The summed E-state index contributed by atoms with van der Waals surface area (Å²) >= 11 is 0. The molecule has 0 bridgehead atoms. The van der Waals surface area contributed by atoms with Crippen LogP contribution in [0.1, 0.15) is 34.1 Å². The predicted molar refractivity (Wildman–Crippen MR) is 49.7 cm³/mol. The number of likely N-dealkylation sites (tertiary alicyclic amines) is 1. The highest BCUT2D eigenvalue weighted by atomic mass is 15.2. The third kappa shape index (κ3) is 1.76. The van der Waals surface area contributed by atoms with Crippen molar-refractivity contribution in [1.82, 2.24) is 4.90 Å². The highest BCUT2D eigenvalue weighted by molar-refractivity contribution is 4.91. The number of hydrogen-bond donors (Lipinski definition) is 0. The minimum Gasteiger partial charge on any atom is -0.301 e. The van der Waals surface area contributed by atoms with Crippen molar-refractivity contribution in [1.29, 1.82) is 0 Å². The molecule has 1 aliphatic rings. The predicted octanol–water partition coefficient (Wildman–Crippen LogP) is 2.37. The van der Waals surface area contributed by atoms with Crippen LogP contribution in [0, 0.1) is 11.8 Å². The maximum Gasteiger partial charge on any atom is 0.0153 e. The first-order chi connectivity index (χ1) is 4.93. The van der Waals surface area contributed by atoms with Crippen LogP contribution in [0.4, 0.5) is 0 Å². The van der Waals surface area contributed by atoms with Crippen LogP contribution in [0.2, 0.25) is 0 Å². The van der Waals surface area contributed by atoms with E-state index in [0.717, 1.165) is 11.8 Å². The fraction of sp³-hybridized carbons (Fsp3) is 1.00. The second kappa shape index (κ2) is 2.78. The minimum absolute atomic E-state index is 0.439. The van der Waals surface area contributed by atoms with Crippen LogP contribution in [0.3, 0.4) is 0 Å². The number of hydrogen-bond acceptors (Lipinski definition) is 1. The molecule has 1 nitrogen and oxygen atoms in total. The molecule has 0 radical (unpaired) electrons. The molecular weight excluding hydrogens is 134 g/mol. The van der Waals surface area contributed by atoms with E-state index in [2.05, 4.69) is 39.6 Å². The molecule has 0 aliphatic carbocycles. The molecule has 1 atom stereocenters. The van der Waals surface area contributed by atoms with E-state index in [9.17, 15) is 0 Å². The summed E-state index contributed by atoms with van der Waals surface area (Å²) in [6, 6.07) is 0. The van der Waals surface area contributed by atoms with Gasteiger partial charge in [0.2, 0.25) is 0 Å². The Balaban J connectivity index is 2.57. The Bertz CT molecular complexity index is 138. The molecular formula is C10H21N. The molecule has 1 heteroatoms. The van der Waals surface area contributed by atoms with Gasteiger partial charge in [-0.3, -0.25) is 0 Å². The Morgan fingerprint density at radius 3 is 2.09 bits per heavy atom. The molecule has 0 aromatic rings. The summed E-state index contributed by atoms with van der Waals surface area (Å²) in [7, 11) is 2.24. The first-order valence-corrected chi connectivity index (χ1v) is 4.65. The van der Waals surface area contributed by atoms with E-state index in [1.54, 1.807) is 0 Å². The van der Waals surface area contributed by atoms with E-state index in [-0.39, 0.29) is 0 Å². The van der Waals surface area contributed by atoms with Gasteiger partial charge in [0, 0.05) is 12.1 Å². The van der Waals surface area contributed by atoms with E-state index < -0.39 is 0 Å². The van der Waals surface area contributed by atoms with Gasteiger partial charge in [-0.15, -0.1) is 0 Å². The standard InChI is InChI=1S/C10H21N/c1-8(2)9-6-10(3,4)11(5)7-9/h8-9H,6-7H2,1-5H3. The Labute approximate surface area is 70.8 Å². The summed E-state index contributed by atoms with van der Waals surface area (Å²) in [5.74, 6) is 1.76. The molecule has 66 valence electrons. The lowest BCUT2D eigenvalue weighted by atomic mass is 9.89. The summed E-state index contributed by atoms with van der Waals surface area (Å²) in [4.78, 5) is 2.48. The van der Waals surface area contributed by atoms with E-state index in [0.29, 0.717) is 5.54 Å². The molecule has 0 N–H and O–H groups in total. The van der Waals surface area contributed by atoms with Crippen LogP contribution in [-0.2, 0) is 0 Å². The quantitative estimate of drug-likeness (QED) is 0.562. The lowest BCUT2D eigenvalue weighted by Crippen LogP contribution is -2.34. The van der Waals surface area contributed by atoms with Gasteiger partial charge in [0.05, 0.1) is 0 Å². The van der Waals surface area contributed by atoms with Gasteiger partial charge in [-0.2, -0.15) is 0 Å². The van der Waals surface area contributed by atoms with Crippen molar-refractivity contribution in [2.45, 2.75) is 39.7 Å². The summed E-state index contributed by atoms with van der Waals surface area (Å²) in [5, 5.41) is 0. The van der Waals surface area contributed by atoms with E-state index >= 15 is 0 Å². The summed E-state index contributed by atoms with van der Waals surface area (Å²) in [5.41, 5.74) is 0.439. The second-order valence-electron chi connectivity index (χ2n) is 4.90. The van der Waals surface area contributed by atoms with E-state index in [4.69, 9.17) is 0 Å². The zero-order valence-electron chi connectivity index (χ0n) is 8.52. The molecule has 1 rings (SSSR count). The normalized spacial score (nSPS) is 31.6. The fourth-order valence-corrected chi connectivity index (χ4v) is 1.91. The van der Waals surface area contributed by atoms with Crippen molar-refractivity contribution in [3.05, 3.63) is 0 Å². The Morgan fingerprint density at radius 1 is 1.36 bits per heavy atom. The third-order valence-corrected chi connectivity index (χ3v) is 3.25. The van der Waals surface area contributed by atoms with Gasteiger partial charge in [0.25, 0.3) is 0 Å². The molecule has 1 saturated heterocycles. The van der Waals surface area contributed by atoms with Gasteiger partial charge in [-0.05, 0) is 39.2 Å². The van der Waals surface area contributed by atoms with Gasteiger partial charge in [0.1, 0.15) is 0 Å². The zero-order valence-corrected chi connectivity index (χ0v) is 8.52. The Morgan fingerprint density at radius 2 is 1.91 bits per heavy atom. The van der Waals surface area contributed by atoms with Crippen molar-refractivity contribution in [3.63, 3.8) is 0 Å². The van der Waals surface area contributed by atoms with Crippen LogP contribution in [0.15, 0.2) is 0 Å². The second-order valence-corrected chi connectivity index (χ2v) is 4.90. The average molecular weight is 155 g/mol. The first-order valence-electron chi connectivity index (χ1n) is 4.65. The third-order valence-electron chi connectivity index (χ3n) is 3.25. The minimum atomic E-state index is 0.439. The van der Waals surface area contributed by atoms with Crippen LogP contribution in [-0.4, -0.2) is 24.0 Å². The van der Waals surface area contributed by atoms with Crippen LogP contribution in [0.25, 0.3) is 0 Å². The monoisotopic (exact) mass is 155 g/mol. The van der Waals surface area contributed by atoms with Gasteiger partial charge in [-0.25, -0.2) is 0 Å². The van der Waals surface area contributed by atoms with Gasteiger partial charge >= 0.3 is 0 Å².